The molecule has 0 radical (unpaired) electrons. The lowest BCUT2D eigenvalue weighted by Gasteiger charge is -2.35. The molecule has 0 bridgehead atoms. The second-order valence-electron chi connectivity index (χ2n) is 8.14. The predicted octanol–water partition coefficient (Wildman–Crippen LogP) is 1.75. The molecule has 6 nitrogen and oxygen atoms in total. The molecular weight excluding hydrogens is 331 g/mol. The lowest BCUT2D eigenvalue weighted by Crippen LogP contribution is -2.45. The number of hydrogen-bond donors (Lipinski definition) is 0. The molecule has 7 heteroatoms. The maximum Gasteiger partial charge on any atom is 0.498 e. The van der Waals surface area contributed by atoms with E-state index in [1.54, 1.807) is 14.2 Å². The van der Waals surface area contributed by atoms with Gasteiger partial charge in [0.2, 0.25) is 0 Å². The number of piperazine rings is 1. The lowest BCUT2D eigenvalue weighted by molar-refractivity contribution is 0.00578. The van der Waals surface area contributed by atoms with Gasteiger partial charge in [-0.2, -0.15) is 0 Å². The number of nitrogens with zero attached hydrogens (tertiary/aromatic N) is 2. The van der Waals surface area contributed by atoms with Crippen molar-refractivity contribution in [3.8, 4) is 11.5 Å². The fourth-order valence-electron chi connectivity index (χ4n) is 3.35. The fraction of sp³-hybridized carbons (Fsp3) is 0.684. The summed E-state index contributed by atoms with van der Waals surface area (Å²) < 4.78 is 23.8. The van der Waals surface area contributed by atoms with Crippen LogP contribution in [0, 0.1) is 0 Å². The van der Waals surface area contributed by atoms with E-state index >= 15 is 0 Å². The van der Waals surface area contributed by atoms with E-state index in [1.165, 1.54) is 0 Å². The molecule has 0 N–H and O–H groups in total. The van der Waals surface area contributed by atoms with Crippen LogP contribution in [-0.2, 0) is 9.31 Å². The molecule has 26 heavy (non-hydrogen) atoms. The van der Waals surface area contributed by atoms with Gasteiger partial charge < -0.3 is 28.6 Å². The van der Waals surface area contributed by atoms with E-state index in [0.29, 0.717) is 0 Å². The van der Waals surface area contributed by atoms with Crippen molar-refractivity contribution in [1.29, 1.82) is 0 Å². The zero-order chi connectivity index (χ0) is 19.1. The SMILES string of the molecule is COc1cc(N2CCN(C)CC2)c(OC)cc1B1OC(C)(C)C(C)(C)O1. The molecule has 1 aromatic rings. The van der Waals surface area contributed by atoms with E-state index in [2.05, 4.69) is 44.5 Å². The van der Waals surface area contributed by atoms with E-state index < -0.39 is 18.3 Å². The second-order valence-corrected chi connectivity index (χ2v) is 8.14. The molecule has 2 heterocycles. The summed E-state index contributed by atoms with van der Waals surface area (Å²) in [6.45, 7) is 12.2. The average molecular weight is 362 g/mol. The number of hydrogen-bond acceptors (Lipinski definition) is 6. The third-order valence-electron chi connectivity index (χ3n) is 5.88. The van der Waals surface area contributed by atoms with Crippen molar-refractivity contribution in [1.82, 2.24) is 4.90 Å². The summed E-state index contributed by atoms with van der Waals surface area (Å²) in [6.07, 6.45) is 0. The highest BCUT2D eigenvalue weighted by Gasteiger charge is 2.52. The van der Waals surface area contributed by atoms with E-state index in [4.69, 9.17) is 18.8 Å². The van der Waals surface area contributed by atoms with Gasteiger partial charge in [-0.05, 0) is 40.8 Å². The zero-order valence-corrected chi connectivity index (χ0v) is 17.1. The minimum Gasteiger partial charge on any atom is -0.497 e. The smallest absolute Gasteiger partial charge is 0.497 e. The van der Waals surface area contributed by atoms with Gasteiger partial charge in [0.25, 0.3) is 0 Å². The zero-order valence-electron chi connectivity index (χ0n) is 17.1. The standard InChI is InChI=1S/C19H31BN2O4/c1-18(2)19(3,4)26-20(25-18)14-12-17(24-7)15(13-16(14)23-6)22-10-8-21(5)9-11-22/h12-13H,8-11H2,1-7H3. The molecule has 0 aliphatic carbocycles. The van der Waals surface area contributed by atoms with Crippen LogP contribution in [-0.4, -0.2) is 70.7 Å². The van der Waals surface area contributed by atoms with Gasteiger partial charge in [0.05, 0.1) is 31.1 Å². The molecule has 1 aromatic carbocycles. The molecule has 0 spiro atoms. The number of anilines is 1. The third kappa shape index (κ3) is 3.40. The number of rotatable bonds is 4. The van der Waals surface area contributed by atoms with Crippen molar-refractivity contribution in [2.45, 2.75) is 38.9 Å². The Morgan fingerprint density at radius 2 is 1.42 bits per heavy atom. The van der Waals surface area contributed by atoms with Crippen LogP contribution in [0.2, 0.25) is 0 Å². The van der Waals surface area contributed by atoms with Crippen molar-refractivity contribution in [3.05, 3.63) is 12.1 Å². The van der Waals surface area contributed by atoms with Gasteiger partial charge in [-0.1, -0.05) is 0 Å². The van der Waals surface area contributed by atoms with Crippen LogP contribution in [0.5, 0.6) is 11.5 Å². The van der Waals surface area contributed by atoms with Gasteiger partial charge in [0, 0.05) is 37.7 Å². The Balaban J connectivity index is 1.95. The van der Waals surface area contributed by atoms with Crippen LogP contribution >= 0.6 is 0 Å². The van der Waals surface area contributed by atoms with Gasteiger partial charge in [0.1, 0.15) is 11.5 Å². The summed E-state index contributed by atoms with van der Waals surface area (Å²) >= 11 is 0. The summed E-state index contributed by atoms with van der Waals surface area (Å²) in [6, 6.07) is 4.04. The van der Waals surface area contributed by atoms with Crippen LogP contribution in [0.1, 0.15) is 27.7 Å². The van der Waals surface area contributed by atoms with Crippen molar-refractivity contribution < 1.29 is 18.8 Å². The molecule has 2 aliphatic heterocycles. The van der Waals surface area contributed by atoms with Crippen LogP contribution < -0.4 is 19.8 Å². The summed E-state index contributed by atoms with van der Waals surface area (Å²) in [7, 11) is 5.06. The molecule has 144 valence electrons. The highest BCUT2D eigenvalue weighted by atomic mass is 16.7. The Morgan fingerprint density at radius 1 is 0.885 bits per heavy atom. The third-order valence-corrected chi connectivity index (χ3v) is 5.88. The van der Waals surface area contributed by atoms with E-state index in [1.807, 2.05) is 12.1 Å². The topological polar surface area (TPSA) is 43.4 Å². The first-order valence-corrected chi connectivity index (χ1v) is 9.23. The lowest BCUT2D eigenvalue weighted by atomic mass is 9.78. The normalized spacial score (nSPS) is 22.6. The number of ether oxygens (including phenoxy) is 2. The number of methoxy groups -OCH3 is 2. The quantitative estimate of drug-likeness (QED) is 0.761. The van der Waals surface area contributed by atoms with Gasteiger partial charge >= 0.3 is 7.12 Å². The molecule has 0 amide bonds. The van der Waals surface area contributed by atoms with Gasteiger partial charge in [-0.15, -0.1) is 0 Å². The van der Waals surface area contributed by atoms with Crippen LogP contribution in [0.15, 0.2) is 12.1 Å². The minimum atomic E-state index is -0.481. The van der Waals surface area contributed by atoms with Gasteiger partial charge in [-0.25, -0.2) is 0 Å². The highest BCUT2D eigenvalue weighted by Crippen LogP contribution is 2.39. The molecular formula is C19H31BN2O4. The minimum absolute atomic E-state index is 0.397. The molecule has 0 atom stereocenters. The molecule has 2 aliphatic rings. The Hall–Kier alpha value is -1.44. The van der Waals surface area contributed by atoms with Crippen LogP contribution in [0.4, 0.5) is 5.69 Å². The van der Waals surface area contributed by atoms with Crippen molar-refractivity contribution in [2.24, 2.45) is 0 Å². The van der Waals surface area contributed by atoms with Crippen molar-refractivity contribution >= 4 is 18.3 Å². The molecule has 3 rings (SSSR count). The molecule has 0 saturated carbocycles. The highest BCUT2D eigenvalue weighted by molar-refractivity contribution is 6.63. The summed E-state index contributed by atoms with van der Waals surface area (Å²) in [5.74, 6) is 1.58. The van der Waals surface area contributed by atoms with E-state index in [9.17, 15) is 0 Å². The first-order valence-electron chi connectivity index (χ1n) is 9.23. The molecule has 0 aromatic heterocycles. The molecule has 0 unspecified atom stereocenters. The first-order chi connectivity index (χ1) is 12.2. The Morgan fingerprint density at radius 3 is 1.92 bits per heavy atom. The second kappa shape index (κ2) is 6.95. The largest absolute Gasteiger partial charge is 0.498 e. The molecule has 2 saturated heterocycles. The van der Waals surface area contributed by atoms with E-state index in [-0.39, 0.29) is 0 Å². The van der Waals surface area contributed by atoms with E-state index in [0.717, 1.165) is 48.8 Å². The first kappa shape index (κ1) is 19.3. The van der Waals surface area contributed by atoms with Gasteiger partial charge in [0.15, 0.2) is 0 Å². The predicted molar refractivity (Wildman–Crippen MR) is 105 cm³/mol. The maximum absolute atomic E-state index is 6.21. The van der Waals surface area contributed by atoms with Crippen molar-refractivity contribution in [2.75, 3.05) is 52.3 Å². The average Bonchev–Trinajstić information content (AvgIpc) is 2.82. The van der Waals surface area contributed by atoms with Gasteiger partial charge in [-0.3, -0.25) is 0 Å². The summed E-state index contributed by atoms with van der Waals surface area (Å²) in [5, 5.41) is 0. The Kier molecular flexibility index (Phi) is 5.16. The van der Waals surface area contributed by atoms with Crippen LogP contribution in [0.3, 0.4) is 0 Å². The Labute approximate surface area is 157 Å². The molecule has 2 fully saturated rings. The maximum atomic E-state index is 6.21. The van der Waals surface area contributed by atoms with Crippen LogP contribution in [0.25, 0.3) is 0 Å². The van der Waals surface area contributed by atoms with Crippen molar-refractivity contribution in [3.63, 3.8) is 0 Å². The Bertz CT molecular complexity index is 641. The monoisotopic (exact) mass is 362 g/mol. The number of likely N-dealkylation sites (N-methyl/N-ethyl adjacent to an activating group) is 1. The number of benzene rings is 1. The summed E-state index contributed by atoms with van der Waals surface area (Å²) in [4.78, 5) is 4.67. The summed E-state index contributed by atoms with van der Waals surface area (Å²) in [5.41, 5.74) is 1.12. The fourth-order valence-corrected chi connectivity index (χ4v) is 3.35.